The average molecular weight is 286 g/mol. The van der Waals surface area contributed by atoms with Crippen LogP contribution in [0.1, 0.15) is 45.4 Å². The zero-order chi connectivity index (χ0) is 13.5. The Kier molecular flexibility index (Phi) is 6.99. The molecule has 0 atom stereocenters. The molecule has 2 fully saturated rings. The van der Waals surface area contributed by atoms with Crippen molar-refractivity contribution in [3.63, 3.8) is 0 Å². The number of hydrogen-bond acceptors (Lipinski definition) is 4. The number of hydrogen-bond donors (Lipinski definition) is 1. The Morgan fingerprint density at radius 1 is 1.05 bits per heavy atom. The van der Waals surface area contributed by atoms with Gasteiger partial charge in [-0.05, 0) is 57.2 Å². The molecule has 1 aliphatic carbocycles. The lowest BCUT2D eigenvalue weighted by atomic mass is 9.87. The van der Waals surface area contributed by atoms with E-state index in [9.17, 15) is 0 Å². The Morgan fingerprint density at radius 2 is 1.68 bits per heavy atom. The molecule has 1 aliphatic heterocycles. The van der Waals surface area contributed by atoms with Gasteiger partial charge in [-0.25, -0.2) is 0 Å². The molecular formula is C15H30N2OS. The fourth-order valence-electron chi connectivity index (χ4n) is 3.31. The van der Waals surface area contributed by atoms with Gasteiger partial charge in [0.15, 0.2) is 0 Å². The summed E-state index contributed by atoms with van der Waals surface area (Å²) in [5.41, 5.74) is 0. The summed E-state index contributed by atoms with van der Waals surface area (Å²) in [6, 6.07) is 0. The van der Waals surface area contributed by atoms with Crippen LogP contribution in [0.5, 0.6) is 0 Å². The maximum atomic E-state index is 6.33. The number of nitrogens with zero attached hydrogens (tertiary/aromatic N) is 1. The van der Waals surface area contributed by atoms with Crippen molar-refractivity contribution in [2.24, 2.45) is 5.92 Å². The summed E-state index contributed by atoms with van der Waals surface area (Å²) in [6.07, 6.45) is 10.9. The van der Waals surface area contributed by atoms with Crippen LogP contribution in [0.2, 0.25) is 0 Å². The van der Waals surface area contributed by atoms with Crippen molar-refractivity contribution in [3.05, 3.63) is 0 Å². The molecule has 1 saturated heterocycles. The Bertz CT molecular complexity index is 236. The van der Waals surface area contributed by atoms with E-state index in [-0.39, 0.29) is 0 Å². The molecule has 0 aromatic rings. The van der Waals surface area contributed by atoms with Gasteiger partial charge in [0, 0.05) is 19.6 Å². The summed E-state index contributed by atoms with van der Waals surface area (Å²) in [5.74, 6) is 0.870. The molecule has 0 aromatic heterocycles. The minimum Gasteiger partial charge on any atom is -0.375 e. The van der Waals surface area contributed by atoms with E-state index in [0.717, 1.165) is 5.92 Å². The van der Waals surface area contributed by atoms with Crippen LogP contribution < -0.4 is 4.72 Å². The smallest absolute Gasteiger partial charge is 0.0603 e. The van der Waals surface area contributed by atoms with Crippen LogP contribution in [0.15, 0.2) is 0 Å². The quantitative estimate of drug-likeness (QED) is 0.759. The number of likely N-dealkylation sites (tertiary alicyclic amines) is 1. The van der Waals surface area contributed by atoms with E-state index < -0.39 is 0 Å². The Balaban J connectivity index is 1.60. The maximum absolute atomic E-state index is 6.33. The summed E-state index contributed by atoms with van der Waals surface area (Å²) >= 11 is 1.74. The van der Waals surface area contributed by atoms with Crippen LogP contribution >= 0.6 is 11.9 Å². The molecule has 1 N–H and O–H groups in total. The summed E-state index contributed by atoms with van der Waals surface area (Å²) in [5, 5.41) is 0. The van der Waals surface area contributed by atoms with E-state index in [2.05, 4.69) is 22.8 Å². The molecule has 1 saturated carbocycles. The molecule has 0 spiro atoms. The molecule has 2 aliphatic rings. The maximum Gasteiger partial charge on any atom is 0.0603 e. The highest BCUT2D eigenvalue weighted by Crippen LogP contribution is 2.28. The molecular weight excluding hydrogens is 256 g/mol. The fraction of sp³-hybridized carbons (Fsp3) is 1.00. The van der Waals surface area contributed by atoms with Crippen LogP contribution in [-0.2, 0) is 4.74 Å². The van der Waals surface area contributed by atoms with Gasteiger partial charge in [0.2, 0.25) is 0 Å². The number of nitrogens with one attached hydrogen (secondary N) is 1. The van der Waals surface area contributed by atoms with E-state index in [0.29, 0.717) is 12.2 Å². The first-order valence-corrected chi connectivity index (χ1v) is 9.18. The number of piperidine rings is 1. The second-order valence-electron chi connectivity index (χ2n) is 5.97. The standard InChI is InChI=1S/C15H30N2OS/c1-3-17-10-8-15(9-11-17)18-14-6-4-13(5-7-14)12-16-19-2/h13-16H,3-12H2,1-2H3/t13-,14-. The van der Waals surface area contributed by atoms with Crippen molar-refractivity contribution < 1.29 is 4.74 Å². The molecule has 0 bridgehead atoms. The Morgan fingerprint density at radius 3 is 2.26 bits per heavy atom. The molecule has 3 nitrogen and oxygen atoms in total. The van der Waals surface area contributed by atoms with Gasteiger partial charge in [0.25, 0.3) is 0 Å². The monoisotopic (exact) mass is 286 g/mol. The second kappa shape index (κ2) is 8.50. The van der Waals surface area contributed by atoms with Crippen LogP contribution in [0, 0.1) is 5.92 Å². The van der Waals surface area contributed by atoms with Crippen molar-refractivity contribution >= 4 is 11.9 Å². The zero-order valence-electron chi connectivity index (χ0n) is 12.6. The highest BCUT2D eigenvalue weighted by molar-refractivity contribution is 7.96. The van der Waals surface area contributed by atoms with Crippen molar-refractivity contribution in [2.75, 3.05) is 32.4 Å². The summed E-state index contributed by atoms with van der Waals surface area (Å²) < 4.78 is 9.72. The van der Waals surface area contributed by atoms with E-state index in [1.165, 1.54) is 64.7 Å². The highest BCUT2D eigenvalue weighted by Gasteiger charge is 2.26. The van der Waals surface area contributed by atoms with Crippen LogP contribution in [0.4, 0.5) is 0 Å². The van der Waals surface area contributed by atoms with Gasteiger partial charge in [0.05, 0.1) is 12.2 Å². The Hall–Kier alpha value is 0.230. The predicted molar refractivity (Wildman–Crippen MR) is 83.5 cm³/mol. The molecule has 4 heteroatoms. The molecule has 0 amide bonds. The lowest BCUT2D eigenvalue weighted by Gasteiger charge is -2.35. The van der Waals surface area contributed by atoms with E-state index in [1.54, 1.807) is 11.9 Å². The lowest BCUT2D eigenvalue weighted by molar-refractivity contribution is -0.0600. The molecule has 1 heterocycles. The normalized spacial score (nSPS) is 30.6. The number of rotatable bonds is 6. The van der Waals surface area contributed by atoms with Gasteiger partial charge < -0.3 is 9.64 Å². The SMILES string of the molecule is CCN1CCC(O[C@H]2CC[C@H](CNSC)CC2)CC1. The van der Waals surface area contributed by atoms with E-state index in [4.69, 9.17) is 4.74 Å². The number of ether oxygens (including phenoxy) is 1. The first kappa shape index (κ1) is 15.6. The lowest BCUT2D eigenvalue weighted by Crippen LogP contribution is -2.39. The van der Waals surface area contributed by atoms with Crippen molar-refractivity contribution in [3.8, 4) is 0 Å². The minimum atomic E-state index is 0.536. The van der Waals surface area contributed by atoms with Gasteiger partial charge in [0.1, 0.15) is 0 Å². The van der Waals surface area contributed by atoms with Gasteiger partial charge in [-0.2, -0.15) is 0 Å². The first-order chi connectivity index (χ1) is 9.31. The van der Waals surface area contributed by atoms with Gasteiger partial charge >= 0.3 is 0 Å². The van der Waals surface area contributed by atoms with Crippen molar-refractivity contribution in [1.29, 1.82) is 0 Å². The van der Waals surface area contributed by atoms with E-state index in [1.807, 2.05) is 0 Å². The second-order valence-corrected chi connectivity index (χ2v) is 6.66. The van der Waals surface area contributed by atoms with Gasteiger partial charge in [-0.15, -0.1) is 0 Å². The third-order valence-electron chi connectivity index (χ3n) is 4.68. The van der Waals surface area contributed by atoms with E-state index >= 15 is 0 Å². The van der Waals surface area contributed by atoms with Crippen LogP contribution in [0.25, 0.3) is 0 Å². The molecule has 0 unspecified atom stereocenters. The topological polar surface area (TPSA) is 24.5 Å². The third kappa shape index (κ3) is 5.25. The largest absolute Gasteiger partial charge is 0.375 e. The van der Waals surface area contributed by atoms with Gasteiger partial charge in [-0.1, -0.05) is 18.9 Å². The third-order valence-corrected chi connectivity index (χ3v) is 5.13. The summed E-state index contributed by atoms with van der Waals surface area (Å²) in [4.78, 5) is 2.53. The molecule has 0 radical (unpaired) electrons. The first-order valence-electron chi connectivity index (χ1n) is 7.95. The van der Waals surface area contributed by atoms with Crippen LogP contribution in [-0.4, -0.2) is 49.5 Å². The van der Waals surface area contributed by atoms with Crippen molar-refractivity contribution in [2.45, 2.75) is 57.7 Å². The summed E-state index contributed by atoms with van der Waals surface area (Å²) in [7, 11) is 0. The molecule has 0 aromatic carbocycles. The molecule has 2 rings (SSSR count). The fourth-order valence-corrected chi connectivity index (χ4v) is 3.71. The molecule has 19 heavy (non-hydrogen) atoms. The average Bonchev–Trinajstić information content (AvgIpc) is 2.47. The van der Waals surface area contributed by atoms with Gasteiger partial charge in [-0.3, -0.25) is 4.72 Å². The van der Waals surface area contributed by atoms with Crippen molar-refractivity contribution in [1.82, 2.24) is 9.62 Å². The molecule has 112 valence electrons. The van der Waals surface area contributed by atoms with Crippen LogP contribution in [0.3, 0.4) is 0 Å². The predicted octanol–water partition coefficient (Wildman–Crippen LogP) is 2.91. The summed E-state index contributed by atoms with van der Waals surface area (Å²) in [6.45, 7) is 7.08. The highest BCUT2D eigenvalue weighted by atomic mass is 32.2. The Labute approximate surface area is 123 Å². The zero-order valence-corrected chi connectivity index (χ0v) is 13.4. The minimum absolute atomic E-state index is 0.536.